The molecule has 8 heteroatoms. The number of phenols is 1. The smallest absolute Gasteiger partial charge is 0.452 e. The molecule has 1 aromatic carbocycles. The number of halogens is 3. The zero-order chi connectivity index (χ0) is 15.8. The fourth-order valence-electron chi connectivity index (χ4n) is 1.63. The molecule has 1 amide bonds. The number of nitrogens with zero attached hydrogens (tertiary/aromatic N) is 1. The van der Waals surface area contributed by atoms with Gasteiger partial charge in [0, 0.05) is 6.07 Å². The van der Waals surface area contributed by atoms with Crippen LogP contribution in [0, 0.1) is 13.8 Å². The molecule has 2 aromatic rings. The van der Waals surface area contributed by atoms with Crippen LogP contribution in [0.5, 0.6) is 5.75 Å². The van der Waals surface area contributed by atoms with Crippen LogP contribution in [0.25, 0.3) is 0 Å². The van der Waals surface area contributed by atoms with Crippen molar-refractivity contribution in [1.82, 2.24) is 5.16 Å². The number of aryl methyl sites for hydroxylation is 2. The molecule has 0 bridgehead atoms. The second-order valence-electron chi connectivity index (χ2n) is 4.48. The number of carbonyl (C=O) groups is 1. The summed E-state index contributed by atoms with van der Waals surface area (Å²) in [6.45, 7) is 3.49. The predicted octanol–water partition coefficient (Wildman–Crippen LogP) is 3.27. The number of aromatic nitrogens is 1. The standard InChI is InChI=1S/C13H11F3N2O3/c1-6-3-8(9(19)4-7(6)2)12(20)17-11-5-10(21-18-11)13(14,15)16/h3-5,19H,1-2H3,(H,17,18,20). The van der Waals surface area contributed by atoms with Crippen LogP contribution in [0.1, 0.15) is 27.2 Å². The van der Waals surface area contributed by atoms with Gasteiger partial charge in [0.25, 0.3) is 5.91 Å². The van der Waals surface area contributed by atoms with Gasteiger partial charge in [-0.15, -0.1) is 0 Å². The molecule has 0 aliphatic carbocycles. The maximum absolute atomic E-state index is 12.3. The highest BCUT2D eigenvalue weighted by Crippen LogP contribution is 2.31. The van der Waals surface area contributed by atoms with E-state index >= 15 is 0 Å². The Morgan fingerprint density at radius 1 is 1.24 bits per heavy atom. The molecular formula is C13H11F3N2O3. The lowest BCUT2D eigenvalue weighted by atomic mass is 10.0. The summed E-state index contributed by atoms with van der Waals surface area (Å²) in [5, 5.41) is 15.0. The van der Waals surface area contributed by atoms with Gasteiger partial charge in [-0.1, -0.05) is 5.16 Å². The van der Waals surface area contributed by atoms with Gasteiger partial charge in [-0.2, -0.15) is 13.2 Å². The van der Waals surface area contributed by atoms with Gasteiger partial charge in [0.1, 0.15) is 5.75 Å². The molecule has 0 aliphatic rings. The fraction of sp³-hybridized carbons (Fsp3) is 0.231. The van der Waals surface area contributed by atoms with Gasteiger partial charge in [0.15, 0.2) is 5.82 Å². The van der Waals surface area contributed by atoms with Crippen molar-refractivity contribution in [2.24, 2.45) is 0 Å². The number of carbonyl (C=O) groups excluding carboxylic acids is 1. The summed E-state index contributed by atoms with van der Waals surface area (Å²) in [6.07, 6.45) is -4.68. The Morgan fingerprint density at radius 3 is 2.43 bits per heavy atom. The Labute approximate surface area is 117 Å². The van der Waals surface area contributed by atoms with E-state index in [1.54, 1.807) is 13.8 Å². The third-order valence-electron chi connectivity index (χ3n) is 2.89. The first-order chi connectivity index (χ1) is 9.68. The van der Waals surface area contributed by atoms with E-state index < -0.39 is 17.8 Å². The van der Waals surface area contributed by atoms with Gasteiger partial charge in [-0.3, -0.25) is 4.79 Å². The lowest BCUT2D eigenvalue weighted by molar-refractivity contribution is -0.155. The molecule has 1 aromatic heterocycles. The molecule has 0 radical (unpaired) electrons. The lowest BCUT2D eigenvalue weighted by Crippen LogP contribution is -2.13. The Hall–Kier alpha value is -2.51. The number of hydrogen-bond acceptors (Lipinski definition) is 4. The maximum Gasteiger partial charge on any atom is 0.452 e. The Morgan fingerprint density at radius 2 is 1.86 bits per heavy atom. The van der Waals surface area contributed by atoms with Crippen LogP contribution in [0.15, 0.2) is 22.7 Å². The first kappa shape index (κ1) is 14.9. The molecule has 0 fully saturated rings. The Balaban J connectivity index is 2.22. The molecule has 5 nitrogen and oxygen atoms in total. The SMILES string of the molecule is Cc1cc(O)c(C(=O)Nc2cc(C(F)(F)F)on2)cc1C. The summed E-state index contributed by atoms with van der Waals surface area (Å²) < 4.78 is 41.1. The second-order valence-corrected chi connectivity index (χ2v) is 4.48. The topological polar surface area (TPSA) is 75.4 Å². The van der Waals surface area contributed by atoms with Crippen molar-refractivity contribution >= 4 is 11.7 Å². The minimum Gasteiger partial charge on any atom is -0.507 e. The van der Waals surface area contributed by atoms with E-state index in [-0.39, 0.29) is 17.1 Å². The van der Waals surface area contributed by atoms with Gasteiger partial charge in [-0.05, 0) is 37.1 Å². The number of anilines is 1. The number of hydrogen-bond donors (Lipinski definition) is 2. The number of amides is 1. The van der Waals surface area contributed by atoms with Crippen molar-refractivity contribution in [3.05, 3.63) is 40.6 Å². The predicted molar refractivity (Wildman–Crippen MR) is 67.0 cm³/mol. The first-order valence-electron chi connectivity index (χ1n) is 5.84. The third kappa shape index (κ3) is 3.15. The highest BCUT2D eigenvalue weighted by Gasteiger charge is 2.36. The first-order valence-corrected chi connectivity index (χ1v) is 5.84. The van der Waals surface area contributed by atoms with E-state index in [0.717, 1.165) is 11.1 Å². The molecule has 0 atom stereocenters. The summed E-state index contributed by atoms with van der Waals surface area (Å²) in [5.41, 5.74) is 1.48. The van der Waals surface area contributed by atoms with Crippen LogP contribution < -0.4 is 5.32 Å². The molecule has 0 aliphatic heterocycles. The average molecular weight is 300 g/mol. The van der Waals surface area contributed by atoms with Crippen LogP contribution in [-0.2, 0) is 6.18 Å². The Bertz CT molecular complexity index is 692. The normalized spacial score (nSPS) is 11.5. The van der Waals surface area contributed by atoms with Crippen molar-refractivity contribution in [2.45, 2.75) is 20.0 Å². The van der Waals surface area contributed by atoms with E-state index in [9.17, 15) is 23.1 Å². The van der Waals surface area contributed by atoms with Crippen molar-refractivity contribution in [2.75, 3.05) is 5.32 Å². The molecule has 112 valence electrons. The van der Waals surface area contributed by atoms with Crippen molar-refractivity contribution in [3.63, 3.8) is 0 Å². The van der Waals surface area contributed by atoms with E-state index in [4.69, 9.17) is 0 Å². The monoisotopic (exact) mass is 300 g/mol. The van der Waals surface area contributed by atoms with E-state index in [0.29, 0.717) is 6.07 Å². The highest BCUT2D eigenvalue weighted by molar-refractivity contribution is 6.05. The molecule has 0 unspecified atom stereocenters. The Kier molecular flexibility index (Phi) is 3.63. The average Bonchev–Trinajstić information content (AvgIpc) is 2.82. The largest absolute Gasteiger partial charge is 0.507 e. The minimum atomic E-state index is -4.68. The number of rotatable bonds is 2. The van der Waals surface area contributed by atoms with Gasteiger partial charge >= 0.3 is 6.18 Å². The van der Waals surface area contributed by atoms with Crippen LogP contribution in [0.4, 0.5) is 19.0 Å². The van der Waals surface area contributed by atoms with Crippen LogP contribution in [0.3, 0.4) is 0 Å². The van der Waals surface area contributed by atoms with Gasteiger partial charge in [0.2, 0.25) is 5.76 Å². The number of phenolic OH excluding ortho intramolecular Hbond substituents is 1. The number of alkyl halides is 3. The van der Waals surface area contributed by atoms with Gasteiger partial charge in [-0.25, -0.2) is 0 Å². The second kappa shape index (κ2) is 5.12. The molecule has 0 saturated carbocycles. The summed E-state index contributed by atoms with van der Waals surface area (Å²) in [7, 11) is 0. The van der Waals surface area contributed by atoms with Crippen molar-refractivity contribution < 1.29 is 27.6 Å². The minimum absolute atomic E-state index is 0.0605. The number of nitrogens with one attached hydrogen (secondary N) is 1. The molecule has 21 heavy (non-hydrogen) atoms. The summed E-state index contributed by atoms with van der Waals surface area (Å²) in [5.74, 6) is -2.75. The number of benzene rings is 1. The van der Waals surface area contributed by atoms with E-state index in [2.05, 4.69) is 15.0 Å². The van der Waals surface area contributed by atoms with Gasteiger partial charge < -0.3 is 14.9 Å². The van der Waals surface area contributed by atoms with Gasteiger partial charge in [0.05, 0.1) is 5.56 Å². The van der Waals surface area contributed by atoms with Crippen molar-refractivity contribution in [1.29, 1.82) is 0 Å². The van der Waals surface area contributed by atoms with E-state index in [1.165, 1.54) is 12.1 Å². The molecule has 2 rings (SSSR count). The molecule has 1 heterocycles. The molecule has 0 saturated heterocycles. The van der Waals surface area contributed by atoms with Crippen LogP contribution >= 0.6 is 0 Å². The zero-order valence-corrected chi connectivity index (χ0v) is 11.1. The van der Waals surface area contributed by atoms with Crippen LogP contribution in [-0.4, -0.2) is 16.2 Å². The molecule has 2 N–H and O–H groups in total. The zero-order valence-electron chi connectivity index (χ0n) is 11.1. The highest BCUT2D eigenvalue weighted by atomic mass is 19.4. The summed E-state index contributed by atoms with van der Waals surface area (Å²) in [4.78, 5) is 11.9. The molecular weight excluding hydrogens is 289 g/mol. The summed E-state index contributed by atoms with van der Waals surface area (Å²) in [6, 6.07) is 3.40. The summed E-state index contributed by atoms with van der Waals surface area (Å²) >= 11 is 0. The third-order valence-corrected chi connectivity index (χ3v) is 2.89. The lowest BCUT2D eigenvalue weighted by Gasteiger charge is -2.07. The van der Waals surface area contributed by atoms with Crippen LogP contribution in [0.2, 0.25) is 0 Å². The van der Waals surface area contributed by atoms with E-state index in [1.807, 2.05) is 0 Å². The maximum atomic E-state index is 12.3. The quantitative estimate of drug-likeness (QED) is 0.892. The number of aromatic hydroxyl groups is 1. The fourth-order valence-corrected chi connectivity index (χ4v) is 1.63. The molecule has 0 spiro atoms. The van der Waals surface area contributed by atoms with Crippen molar-refractivity contribution in [3.8, 4) is 5.75 Å².